The second kappa shape index (κ2) is 9.53. The number of hydrogen-bond donors (Lipinski definition) is 1. The summed E-state index contributed by atoms with van der Waals surface area (Å²) in [7, 11) is 0. The first-order chi connectivity index (χ1) is 13.7. The predicted octanol–water partition coefficient (Wildman–Crippen LogP) is 2.11. The first kappa shape index (κ1) is 19.4. The van der Waals surface area contributed by atoms with Gasteiger partial charge in [0.2, 0.25) is 0 Å². The molecule has 3 rings (SSSR count). The molecule has 28 heavy (non-hydrogen) atoms. The lowest BCUT2D eigenvalue weighted by Gasteiger charge is -2.36. The Morgan fingerprint density at radius 2 is 1.89 bits per heavy atom. The second-order valence-corrected chi connectivity index (χ2v) is 6.46. The van der Waals surface area contributed by atoms with Crippen LogP contribution >= 0.6 is 0 Å². The van der Waals surface area contributed by atoms with Crippen molar-refractivity contribution in [1.82, 2.24) is 4.90 Å². The summed E-state index contributed by atoms with van der Waals surface area (Å²) in [5, 5.41) is 12.4. The molecule has 0 radical (unpaired) electrons. The third-order valence-electron chi connectivity index (χ3n) is 4.72. The van der Waals surface area contributed by atoms with Crippen molar-refractivity contribution >= 4 is 23.8 Å². The summed E-state index contributed by atoms with van der Waals surface area (Å²) in [5.41, 5.74) is 2.56. The van der Waals surface area contributed by atoms with Gasteiger partial charge in [0.15, 0.2) is 0 Å². The molecule has 1 aliphatic heterocycles. The van der Waals surface area contributed by atoms with Crippen molar-refractivity contribution in [2.75, 3.05) is 49.5 Å². The van der Waals surface area contributed by atoms with E-state index in [1.165, 1.54) is 0 Å². The molecule has 144 valence electrons. The van der Waals surface area contributed by atoms with E-state index in [0.29, 0.717) is 36.4 Å². The Labute approximate surface area is 164 Å². The Bertz CT molecular complexity index is 856. The van der Waals surface area contributed by atoms with Gasteiger partial charge in [-0.25, -0.2) is 0 Å². The van der Waals surface area contributed by atoms with E-state index in [0.717, 1.165) is 31.9 Å². The average Bonchev–Trinajstić information content (AvgIpc) is 2.75. The quantitative estimate of drug-likeness (QED) is 0.587. The molecule has 0 unspecified atom stereocenters. The molecule has 0 aliphatic carbocycles. The standard InChI is InChI=1S/C21H22N4O3/c22-15-18-14-19(23-21(27)17-4-2-1-3-5-17)6-7-20(18)25-10-8-24(9-11-25)12-13-28-16-26/h1-7,14,16H,8-13H2,(H,23,27). The zero-order valence-corrected chi connectivity index (χ0v) is 15.5. The number of hydrogen-bond acceptors (Lipinski definition) is 6. The highest BCUT2D eigenvalue weighted by molar-refractivity contribution is 6.04. The number of anilines is 2. The zero-order valence-electron chi connectivity index (χ0n) is 15.5. The minimum Gasteiger partial charge on any atom is -0.467 e. The van der Waals surface area contributed by atoms with Gasteiger partial charge in [-0.1, -0.05) is 18.2 Å². The Hall–Kier alpha value is -3.37. The minimum atomic E-state index is -0.205. The monoisotopic (exact) mass is 378 g/mol. The Morgan fingerprint density at radius 1 is 1.14 bits per heavy atom. The SMILES string of the molecule is N#Cc1cc(NC(=O)c2ccccc2)ccc1N1CCN(CCOC=O)CC1. The molecule has 1 amide bonds. The van der Waals surface area contributed by atoms with Crippen molar-refractivity contribution in [2.45, 2.75) is 0 Å². The Morgan fingerprint density at radius 3 is 2.57 bits per heavy atom. The normalized spacial score (nSPS) is 14.2. The van der Waals surface area contributed by atoms with Gasteiger partial charge in [-0.2, -0.15) is 5.26 Å². The van der Waals surface area contributed by atoms with E-state index in [1.807, 2.05) is 30.3 Å². The number of benzene rings is 2. The van der Waals surface area contributed by atoms with Gasteiger partial charge in [-0.15, -0.1) is 0 Å². The molecule has 0 atom stereocenters. The third kappa shape index (κ3) is 4.87. The lowest BCUT2D eigenvalue weighted by atomic mass is 10.1. The number of rotatable bonds is 7. The maximum Gasteiger partial charge on any atom is 0.293 e. The molecule has 1 N–H and O–H groups in total. The molecule has 0 saturated carbocycles. The van der Waals surface area contributed by atoms with E-state index in [4.69, 9.17) is 4.74 Å². The fraction of sp³-hybridized carbons (Fsp3) is 0.286. The van der Waals surface area contributed by atoms with Crippen LogP contribution < -0.4 is 10.2 Å². The first-order valence-corrected chi connectivity index (χ1v) is 9.14. The number of carbonyl (C=O) groups excluding carboxylic acids is 2. The summed E-state index contributed by atoms with van der Waals surface area (Å²) in [6.07, 6.45) is 0. The number of nitrogens with one attached hydrogen (secondary N) is 1. The van der Waals surface area contributed by atoms with Crippen LogP contribution in [0.2, 0.25) is 0 Å². The number of nitriles is 1. The smallest absolute Gasteiger partial charge is 0.293 e. The minimum absolute atomic E-state index is 0.205. The van der Waals surface area contributed by atoms with Crippen LogP contribution in [0.3, 0.4) is 0 Å². The fourth-order valence-electron chi connectivity index (χ4n) is 3.21. The topological polar surface area (TPSA) is 85.7 Å². The fourth-order valence-corrected chi connectivity index (χ4v) is 3.21. The Balaban J connectivity index is 1.63. The molecule has 0 aromatic heterocycles. The van der Waals surface area contributed by atoms with Crippen LogP contribution in [0.25, 0.3) is 0 Å². The molecule has 7 nitrogen and oxygen atoms in total. The number of nitrogens with zero attached hydrogens (tertiary/aromatic N) is 3. The summed E-state index contributed by atoms with van der Waals surface area (Å²) >= 11 is 0. The van der Waals surface area contributed by atoms with Crippen LogP contribution in [0.5, 0.6) is 0 Å². The van der Waals surface area contributed by atoms with Crippen molar-refractivity contribution in [1.29, 1.82) is 5.26 Å². The van der Waals surface area contributed by atoms with Crippen molar-refractivity contribution in [3.63, 3.8) is 0 Å². The number of amides is 1. The summed E-state index contributed by atoms with van der Waals surface area (Å²) < 4.78 is 4.75. The van der Waals surface area contributed by atoms with Gasteiger partial charge in [0.1, 0.15) is 12.7 Å². The zero-order chi connectivity index (χ0) is 19.8. The molecule has 1 aliphatic rings. The highest BCUT2D eigenvalue weighted by Gasteiger charge is 2.19. The number of ether oxygens (including phenoxy) is 1. The average molecular weight is 378 g/mol. The van der Waals surface area contributed by atoms with Crippen LogP contribution in [0.1, 0.15) is 15.9 Å². The molecular weight excluding hydrogens is 356 g/mol. The van der Waals surface area contributed by atoms with Gasteiger partial charge in [0.05, 0.1) is 11.3 Å². The predicted molar refractivity (Wildman–Crippen MR) is 106 cm³/mol. The van der Waals surface area contributed by atoms with Gasteiger partial charge >= 0.3 is 0 Å². The van der Waals surface area contributed by atoms with Crippen LogP contribution in [0, 0.1) is 11.3 Å². The van der Waals surface area contributed by atoms with Gasteiger partial charge in [-0.05, 0) is 30.3 Å². The van der Waals surface area contributed by atoms with Crippen molar-refractivity contribution in [3.05, 3.63) is 59.7 Å². The Kier molecular flexibility index (Phi) is 6.60. The van der Waals surface area contributed by atoms with Gasteiger partial charge in [-0.3, -0.25) is 14.5 Å². The molecule has 2 aromatic rings. The van der Waals surface area contributed by atoms with E-state index in [-0.39, 0.29) is 5.91 Å². The highest BCUT2D eigenvalue weighted by Crippen LogP contribution is 2.25. The van der Waals surface area contributed by atoms with Crippen LogP contribution in [0.15, 0.2) is 48.5 Å². The first-order valence-electron chi connectivity index (χ1n) is 9.14. The molecule has 7 heteroatoms. The van der Waals surface area contributed by atoms with Gasteiger partial charge in [0, 0.05) is 44.0 Å². The van der Waals surface area contributed by atoms with Gasteiger partial charge < -0.3 is 15.0 Å². The van der Waals surface area contributed by atoms with Crippen LogP contribution in [-0.2, 0) is 9.53 Å². The van der Waals surface area contributed by atoms with Crippen LogP contribution in [0.4, 0.5) is 11.4 Å². The largest absolute Gasteiger partial charge is 0.467 e. The van der Waals surface area contributed by atoms with E-state index < -0.39 is 0 Å². The number of carbonyl (C=O) groups is 2. The molecule has 1 saturated heterocycles. The maximum absolute atomic E-state index is 12.3. The van der Waals surface area contributed by atoms with E-state index >= 15 is 0 Å². The van der Waals surface area contributed by atoms with Crippen molar-refractivity contribution < 1.29 is 14.3 Å². The van der Waals surface area contributed by atoms with Gasteiger partial charge in [0.25, 0.3) is 12.4 Å². The molecule has 0 bridgehead atoms. The molecule has 2 aromatic carbocycles. The maximum atomic E-state index is 12.3. The van der Waals surface area contributed by atoms with E-state index in [9.17, 15) is 14.9 Å². The van der Waals surface area contributed by atoms with Crippen molar-refractivity contribution in [3.8, 4) is 6.07 Å². The molecule has 1 heterocycles. The van der Waals surface area contributed by atoms with Crippen molar-refractivity contribution in [2.24, 2.45) is 0 Å². The van der Waals surface area contributed by atoms with E-state index in [1.54, 1.807) is 18.2 Å². The summed E-state index contributed by atoms with van der Waals surface area (Å²) in [4.78, 5) is 26.9. The van der Waals surface area contributed by atoms with Crippen LogP contribution in [-0.4, -0.2) is 56.6 Å². The molecule has 1 fully saturated rings. The summed E-state index contributed by atoms with van der Waals surface area (Å²) in [5.74, 6) is -0.205. The summed E-state index contributed by atoms with van der Waals surface area (Å²) in [6.45, 7) is 4.80. The third-order valence-corrected chi connectivity index (χ3v) is 4.72. The molecule has 0 spiro atoms. The summed E-state index contributed by atoms with van der Waals surface area (Å²) in [6, 6.07) is 16.6. The molecular formula is C21H22N4O3. The number of piperazine rings is 1. The lowest BCUT2D eigenvalue weighted by molar-refractivity contribution is -0.129. The second-order valence-electron chi connectivity index (χ2n) is 6.46. The highest BCUT2D eigenvalue weighted by atomic mass is 16.5. The van der Waals surface area contributed by atoms with E-state index in [2.05, 4.69) is 21.2 Å². The lowest BCUT2D eigenvalue weighted by Crippen LogP contribution is -2.47.